The minimum atomic E-state index is -0.221. The van der Waals surface area contributed by atoms with Crippen LogP contribution in [0.25, 0.3) is 0 Å². The van der Waals surface area contributed by atoms with Gasteiger partial charge in [0.15, 0.2) is 0 Å². The zero-order valence-corrected chi connectivity index (χ0v) is 17.3. The van der Waals surface area contributed by atoms with Crippen LogP contribution in [0.15, 0.2) is 24.3 Å². The van der Waals surface area contributed by atoms with Gasteiger partial charge in [0.25, 0.3) is 0 Å². The molecule has 2 saturated heterocycles. The summed E-state index contributed by atoms with van der Waals surface area (Å²) in [6, 6.07) is 8.61. The van der Waals surface area contributed by atoms with Crippen LogP contribution in [0.2, 0.25) is 0 Å². The van der Waals surface area contributed by atoms with Crippen molar-refractivity contribution in [3.05, 3.63) is 24.3 Å². The van der Waals surface area contributed by atoms with Gasteiger partial charge in [-0.1, -0.05) is 0 Å². The molecule has 0 spiro atoms. The highest BCUT2D eigenvalue weighted by atomic mass is 16.6. The number of piperidine rings is 1. The van der Waals surface area contributed by atoms with Crippen molar-refractivity contribution in [2.24, 2.45) is 0 Å². The lowest BCUT2D eigenvalue weighted by atomic mass is 10.1. The predicted octanol–water partition coefficient (Wildman–Crippen LogP) is 3.94. The van der Waals surface area contributed by atoms with E-state index in [0.29, 0.717) is 19.7 Å². The number of rotatable bonds is 8. The summed E-state index contributed by atoms with van der Waals surface area (Å²) >= 11 is 0. The molecule has 0 radical (unpaired) electrons. The van der Waals surface area contributed by atoms with Crippen molar-refractivity contribution in [3.8, 4) is 11.5 Å². The van der Waals surface area contributed by atoms with Crippen LogP contribution in [0.5, 0.6) is 11.5 Å². The van der Waals surface area contributed by atoms with E-state index in [9.17, 15) is 4.79 Å². The van der Waals surface area contributed by atoms with Crippen LogP contribution >= 0.6 is 0 Å². The van der Waals surface area contributed by atoms with Gasteiger partial charge >= 0.3 is 6.09 Å². The quantitative estimate of drug-likeness (QED) is 0.629. The topological polar surface area (TPSA) is 51.2 Å². The fraction of sp³-hybridized carbons (Fsp3) is 0.682. The van der Waals surface area contributed by atoms with E-state index in [1.165, 1.54) is 19.4 Å². The van der Waals surface area contributed by atoms with Gasteiger partial charge in [-0.05, 0) is 63.9 Å². The molecule has 1 atom stereocenters. The van der Waals surface area contributed by atoms with Gasteiger partial charge < -0.3 is 24.0 Å². The van der Waals surface area contributed by atoms with Gasteiger partial charge in [-0.15, -0.1) is 0 Å². The molecule has 3 rings (SSSR count). The number of hydrogen-bond donors (Lipinski definition) is 0. The third-order valence-electron chi connectivity index (χ3n) is 5.64. The first kappa shape index (κ1) is 20.8. The minimum Gasteiger partial charge on any atom is -0.494 e. The Labute approximate surface area is 168 Å². The van der Waals surface area contributed by atoms with Gasteiger partial charge in [0.1, 0.15) is 17.6 Å². The number of carbonyl (C=O) groups excluding carboxylic acids is 1. The first-order chi connectivity index (χ1) is 13.7. The smallest absolute Gasteiger partial charge is 0.409 e. The number of nitrogens with zero attached hydrogens (tertiary/aromatic N) is 2. The molecule has 1 amide bonds. The molecule has 0 aromatic heterocycles. The second-order valence-electron chi connectivity index (χ2n) is 7.70. The van der Waals surface area contributed by atoms with Crippen molar-refractivity contribution in [3.63, 3.8) is 0 Å². The molecular weight excluding hydrogens is 356 g/mol. The number of amides is 1. The van der Waals surface area contributed by atoms with Crippen molar-refractivity contribution in [2.75, 3.05) is 39.4 Å². The fourth-order valence-electron chi connectivity index (χ4n) is 3.96. The van der Waals surface area contributed by atoms with Crippen LogP contribution in [0.1, 0.15) is 46.0 Å². The number of ether oxygens (including phenoxy) is 3. The maximum Gasteiger partial charge on any atom is 0.409 e. The summed E-state index contributed by atoms with van der Waals surface area (Å²) in [4.78, 5) is 16.0. The molecule has 1 aromatic rings. The Balaban J connectivity index is 1.34. The van der Waals surface area contributed by atoms with Gasteiger partial charge in [0.2, 0.25) is 0 Å². The van der Waals surface area contributed by atoms with E-state index < -0.39 is 0 Å². The van der Waals surface area contributed by atoms with Crippen LogP contribution in [0, 0.1) is 0 Å². The summed E-state index contributed by atoms with van der Waals surface area (Å²) in [7, 11) is 0. The lowest BCUT2D eigenvalue weighted by Gasteiger charge is -2.31. The number of likely N-dealkylation sites (tertiary alicyclic amines) is 2. The summed E-state index contributed by atoms with van der Waals surface area (Å²) in [5.74, 6) is 1.74. The second kappa shape index (κ2) is 10.6. The molecule has 156 valence electrons. The molecule has 2 fully saturated rings. The highest BCUT2D eigenvalue weighted by molar-refractivity contribution is 5.67. The highest BCUT2D eigenvalue weighted by Crippen LogP contribution is 2.23. The molecule has 1 aromatic carbocycles. The van der Waals surface area contributed by atoms with Crippen molar-refractivity contribution in [1.82, 2.24) is 9.80 Å². The van der Waals surface area contributed by atoms with Crippen LogP contribution in [0.4, 0.5) is 4.79 Å². The second-order valence-corrected chi connectivity index (χ2v) is 7.70. The molecule has 6 heteroatoms. The van der Waals surface area contributed by atoms with Crippen LogP contribution in [-0.4, -0.2) is 67.4 Å². The van der Waals surface area contributed by atoms with E-state index in [1.54, 1.807) is 4.90 Å². The zero-order valence-electron chi connectivity index (χ0n) is 17.3. The van der Waals surface area contributed by atoms with Gasteiger partial charge in [0.05, 0.1) is 13.2 Å². The molecule has 0 N–H and O–H groups in total. The maximum absolute atomic E-state index is 11.7. The monoisotopic (exact) mass is 390 g/mol. The van der Waals surface area contributed by atoms with Crippen molar-refractivity contribution in [1.29, 1.82) is 0 Å². The summed E-state index contributed by atoms with van der Waals surface area (Å²) in [6.45, 7) is 9.01. The molecule has 0 bridgehead atoms. The molecule has 0 aliphatic carbocycles. The molecule has 2 heterocycles. The summed E-state index contributed by atoms with van der Waals surface area (Å²) in [6.07, 6.45) is 5.27. The average Bonchev–Trinajstić information content (AvgIpc) is 3.12. The minimum absolute atomic E-state index is 0.139. The summed E-state index contributed by atoms with van der Waals surface area (Å²) < 4.78 is 17.0. The molecule has 0 saturated carbocycles. The Morgan fingerprint density at radius 2 is 1.79 bits per heavy atom. The third kappa shape index (κ3) is 6.03. The van der Waals surface area contributed by atoms with Crippen LogP contribution in [0.3, 0.4) is 0 Å². The standard InChI is InChI=1S/C22H34N2O4/c1-3-26-22(25)24-15-11-21(12-16-24)28-20-9-7-19(8-10-20)27-17-5-14-23-13-4-6-18(23)2/h7-10,18,21H,3-6,11-17H2,1-2H3. The average molecular weight is 391 g/mol. The third-order valence-corrected chi connectivity index (χ3v) is 5.64. The van der Waals surface area contributed by atoms with E-state index in [4.69, 9.17) is 14.2 Å². The van der Waals surface area contributed by atoms with Crippen LogP contribution < -0.4 is 9.47 Å². The Hall–Kier alpha value is -1.95. The molecule has 1 unspecified atom stereocenters. The zero-order chi connectivity index (χ0) is 19.8. The maximum atomic E-state index is 11.7. The number of hydrogen-bond acceptors (Lipinski definition) is 5. The van der Waals surface area contributed by atoms with Crippen LogP contribution in [-0.2, 0) is 4.74 Å². The Morgan fingerprint density at radius 3 is 2.43 bits per heavy atom. The van der Waals surface area contributed by atoms with Crippen molar-refractivity contribution >= 4 is 6.09 Å². The first-order valence-corrected chi connectivity index (χ1v) is 10.7. The van der Waals surface area contributed by atoms with E-state index in [-0.39, 0.29) is 12.2 Å². The summed E-state index contributed by atoms with van der Waals surface area (Å²) in [5.41, 5.74) is 0. The first-order valence-electron chi connectivity index (χ1n) is 10.7. The molecule has 2 aliphatic heterocycles. The van der Waals surface area contributed by atoms with E-state index in [0.717, 1.165) is 50.0 Å². The SMILES string of the molecule is CCOC(=O)N1CCC(Oc2ccc(OCCCN3CCCC3C)cc2)CC1. The molecular formula is C22H34N2O4. The van der Waals surface area contributed by atoms with E-state index in [2.05, 4.69) is 11.8 Å². The fourth-order valence-corrected chi connectivity index (χ4v) is 3.96. The van der Waals surface area contributed by atoms with Gasteiger partial charge in [-0.25, -0.2) is 4.79 Å². The highest BCUT2D eigenvalue weighted by Gasteiger charge is 2.24. The van der Waals surface area contributed by atoms with Crippen molar-refractivity contribution < 1.29 is 19.0 Å². The Kier molecular flexibility index (Phi) is 7.83. The lowest BCUT2D eigenvalue weighted by molar-refractivity contribution is 0.0703. The number of carbonyl (C=O) groups is 1. The van der Waals surface area contributed by atoms with Gasteiger partial charge in [-0.2, -0.15) is 0 Å². The van der Waals surface area contributed by atoms with Gasteiger partial charge in [0, 0.05) is 38.5 Å². The van der Waals surface area contributed by atoms with Gasteiger partial charge in [-0.3, -0.25) is 0 Å². The normalized spacial score (nSPS) is 20.9. The number of benzene rings is 1. The summed E-state index contributed by atoms with van der Waals surface area (Å²) in [5, 5.41) is 0. The lowest BCUT2D eigenvalue weighted by Crippen LogP contribution is -2.42. The predicted molar refractivity (Wildman–Crippen MR) is 109 cm³/mol. The molecule has 28 heavy (non-hydrogen) atoms. The van der Waals surface area contributed by atoms with E-state index >= 15 is 0 Å². The Bertz CT molecular complexity index is 599. The van der Waals surface area contributed by atoms with E-state index in [1.807, 2.05) is 31.2 Å². The van der Waals surface area contributed by atoms with Crippen molar-refractivity contribution in [2.45, 2.75) is 58.1 Å². The molecule has 6 nitrogen and oxygen atoms in total. The largest absolute Gasteiger partial charge is 0.494 e. The molecule has 2 aliphatic rings. The Morgan fingerprint density at radius 1 is 1.07 bits per heavy atom.